The molecule has 1 heterocycles. The number of amides is 2. The summed E-state index contributed by atoms with van der Waals surface area (Å²) >= 11 is 0. The normalized spacial score (nSPS) is 14.7. The van der Waals surface area contributed by atoms with Gasteiger partial charge in [0.15, 0.2) is 0 Å². The number of carbonyl (C=O) groups excluding carboxylic acids is 1. The number of urea groups is 1. The molecule has 1 atom stereocenters. The van der Waals surface area contributed by atoms with Crippen LogP contribution < -0.4 is 20.7 Å². The van der Waals surface area contributed by atoms with Crippen LogP contribution in [-0.4, -0.2) is 49.8 Å². The summed E-state index contributed by atoms with van der Waals surface area (Å²) in [6.45, 7) is 10.4. The molecule has 0 fully saturated rings. The Balaban J connectivity index is 1.14. The van der Waals surface area contributed by atoms with Gasteiger partial charge >= 0.3 is 6.03 Å². The van der Waals surface area contributed by atoms with Crippen LogP contribution in [-0.2, 0) is 29.0 Å². The van der Waals surface area contributed by atoms with Crippen molar-refractivity contribution >= 4 is 6.03 Å². The predicted molar refractivity (Wildman–Crippen MR) is 158 cm³/mol. The summed E-state index contributed by atoms with van der Waals surface area (Å²) in [5.74, 6) is 0.221. The molecule has 0 aromatic heterocycles. The van der Waals surface area contributed by atoms with E-state index in [1.165, 1.54) is 5.56 Å². The zero-order chi connectivity index (χ0) is 28.6. The van der Waals surface area contributed by atoms with Crippen molar-refractivity contribution < 1.29 is 24.1 Å². The predicted octanol–water partition coefficient (Wildman–Crippen LogP) is 5.37. The number of carbonyl (C=O) groups is 1. The van der Waals surface area contributed by atoms with Gasteiger partial charge in [0.2, 0.25) is 5.79 Å². The number of ether oxygens (including phenoxy) is 3. The fourth-order valence-electron chi connectivity index (χ4n) is 4.66. The summed E-state index contributed by atoms with van der Waals surface area (Å²) in [5.41, 5.74) is 4.28. The molecule has 0 saturated carbocycles. The number of benzene rings is 2. The monoisotopic (exact) mass is 555 g/mol. The van der Waals surface area contributed by atoms with Crippen molar-refractivity contribution in [3.05, 3.63) is 64.7 Å². The number of nitrogens with one attached hydrogen (secondary N) is 3. The molecule has 2 aromatic rings. The van der Waals surface area contributed by atoms with Gasteiger partial charge in [0.05, 0.1) is 12.7 Å². The minimum atomic E-state index is -0.607. The lowest BCUT2D eigenvalue weighted by molar-refractivity contribution is -0.180. The van der Waals surface area contributed by atoms with Crippen LogP contribution in [0.25, 0.3) is 0 Å². The number of hydrogen-bond donors (Lipinski definition) is 4. The van der Waals surface area contributed by atoms with Gasteiger partial charge in [0.25, 0.3) is 0 Å². The molecule has 2 amide bonds. The van der Waals surface area contributed by atoms with Crippen LogP contribution >= 0.6 is 0 Å². The van der Waals surface area contributed by atoms with Gasteiger partial charge in [0.1, 0.15) is 5.75 Å². The average Bonchev–Trinajstić information content (AvgIpc) is 2.94. The first kappa shape index (κ1) is 31.9. The Morgan fingerprint density at radius 1 is 1.00 bits per heavy atom. The third-order valence-electron chi connectivity index (χ3n) is 6.92. The van der Waals surface area contributed by atoms with Crippen molar-refractivity contribution in [3.8, 4) is 5.75 Å². The topological polar surface area (TPSA) is 101 Å². The van der Waals surface area contributed by atoms with Gasteiger partial charge in [-0.05, 0) is 74.4 Å². The second kappa shape index (κ2) is 17.2. The molecule has 0 saturated heterocycles. The second-order valence-electron chi connectivity index (χ2n) is 10.9. The smallest absolute Gasteiger partial charge is 0.315 e. The van der Waals surface area contributed by atoms with E-state index in [9.17, 15) is 9.90 Å². The molecule has 3 rings (SSSR count). The zero-order valence-corrected chi connectivity index (χ0v) is 24.6. The Bertz CT molecular complexity index is 1030. The van der Waals surface area contributed by atoms with Crippen LogP contribution in [0.15, 0.2) is 42.5 Å². The van der Waals surface area contributed by atoms with Crippen LogP contribution in [0.5, 0.6) is 5.75 Å². The first-order valence-electron chi connectivity index (χ1n) is 14.9. The standard InChI is InChI=1S/C32H49N3O5/c1-4-34-31(37)35-22-26-14-11-13-25(20-26)12-7-10-19-38-18-9-6-5-8-17-33-23-29(36)27-15-16-30-28(21-27)24-39-32(2,3)40-30/h11,13-16,20-21,29,33,36H,4-10,12,17-19,22-24H2,1-3H3,(H2,34,35,37)/t29-/m0/s1. The Kier molecular flexibility index (Phi) is 13.7. The number of unbranched alkanes of at least 4 members (excludes halogenated alkanes) is 4. The minimum Gasteiger partial charge on any atom is -0.463 e. The first-order chi connectivity index (χ1) is 19.4. The molecule has 0 unspecified atom stereocenters. The van der Waals surface area contributed by atoms with Crippen LogP contribution in [0.2, 0.25) is 0 Å². The minimum absolute atomic E-state index is 0.129. The third kappa shape index (κ3) is 11.8. The highest BCUT2D eigenvalue weighted by Gasteiger charge is 2.27. The van der Waals surface area contributed by atoms with Crippen LogP contribution in [0.4, 0.5) is 4.79 Å². The largest absolute Gasteiger partial charge is 0.463 e. The Hall–Kier alpha value is -2.65. The van der Waals surface area contributed by atoms with Crippen LogP contribution in [0.3, 0.4) is 0 Å². The van der Waals surface area contributed by atoms with E-state index in [4.69, 9.17) is 14.2 Å². The van der Waals surface area contributed by atoms with Crippen LogP contribution in [0.1, 0.15) is 87.7 Å². The quantitative estimate of drug-likeness (QED) is 0.185. The molecule has 1 aliphatic heterocycles. The Morgan fingerprint density at radius 3 is 2.60 bits per heavy atom. The molecule has 8 nitrogen and oxygen atoms in total. The van der Waals surface area contributed by atoms with Crippen molar-refractivity contribution in [2.45, 2.75) is 90.8 Å². The Morgan fingerprint density at radius 2 is 1.77 bits per heavy atom. The lowest BCUT2D eigenvalue weighted by atomic mass is 10.0. The van der Waals surface area contributed by atoms with E-state index in [1.807, 2.05) is 45.0 Å². The number of aliphatic hydroxyl groups excluding tert-OH is 1. The van der Waals surface area contributed by atoms with E-state index in [0.717, 1.165) is 87.1 Å². The second-order valence-corrected chi connectivity index (χ2v) is 10.9. The fourth-order valence-corrected chi connectivity index (χ4v) is 4.66. The molecule has 0 radical (unpaired) electrons. The maximum Gasteiger partial charge on any atom is 0.315 e. The number of hydrogen-bond acceptors (Lipinski definition) is 6. The summed E-state index contributed by atoms with van der Waals surface area (Å²) in [6, 6.07) is 14.1. The van der Waals surface area contributed by atoms with Gasteiger partial charge in [-0.2, -0.15) is 0 Å². The average molecular weight is 556 g/mol. The molecule has 8 heteroatoms. The number of fused-ring (bicyclic) bond motifs is 1. The van der Waals surface area contributed by atoms with Gasteiger partial charge in [-0.1, -0.05) is 43.2 Å². The van der Waals surface area contributed by atoms with Crippen LogP contribution in [0, 0.1) is 0 Å². The van der Waals surface area contributed by atoms with Crippen molar-refractivity contribution in [1.82, 2.24) is 16.0 Å². The van der Waals surface area contributed by atoms with Gasteiger partial charge in [-0.25, -0.2) is 4.79 Å². The highest BCUT2D eigenvalue weighted by molar-refractivity contribution is 5.73. The molecule has 0 aliphatic carbocycles. The summed E-state index contributed by atoms with van der Waals surface area (Å²) in [6.07, 6.45) is 7.10. The van der Waals surface area contributed by atoms with E-state index >= 15 is 0 Å². The van der Waals surface area contributed by atoms with Crippen molar-refractivity contribution in [3.63, 3.8) is 0 Å². The molecule has 222 valence electrons. The van der Waals surface area contributed by atoms with E-state index < -0.39 is 11.9 Å². The van der Waals surface area contributed by atoms with E-state index in [-0.39, 0.29) is 6.03 Å². The molecule has 2 aromatic carbocycles. The highest BCUT2D eigenvalue weighted by atomic mass is 16.7. The van der Waals surface area contributed by atoms with Gasteiger partial charge in [-0.15, -0.1) is 0 Å². The Labute approximate surface area is 240 Å². The van der Waals surface area contributed by atoms with Gasteiger partial charge < -0.3 is 35.3 Å². The number of aryl methyl sites for hydroxylation is 1. The molecular weight excluding hydrogens is 506 g/mol. The third-order valence-corrected chi connectivity index (χ3v) is 6.92. The molecule has 0 bridgehead atoms. The number of aliphatic hydroxyl groups is 1. The van der Waals surface area contributed by atoms with E-state index in [2.05, 4.69) is 34.1 Å². The maximum absolute atomic E-state index is 11.6. The van der Waals surface area contributed by atoms with E-state index in [1.54, 1.807) is 0 Å². The lowest BCUT2D eigenvalue weighted by Gasteiger charge is -2.33. The van der Waals surface area contributed by atoms with Gasteiger partial charge in [0, 0.05) is 52.3 Å². The molecule has 4 N–H and O–H groups in total. The highest BCUT2D eigenvalue weighted by Crippen LogP contribution is 2.32. The summed E-state index contributed by atoms with van der Waals surface area (Å²) in [4.78, 5) is 11.6. The van der Waals surface area contributed by atoms with E-state index in [0.29, 0.717) is 26.2 Å². The summed E-state index contributed by atoms with van der Waals surface area (Å²) in [7, 11) is 0. The molecule has 1 aliphatic rings. The molecule has 40 heavy (non-hydrogen) atoms. The summed E-state index contributed by atoms with van der Waals surface area (Å²) < 4.78 is 17.4. The summed E-state index contributed by atoms with van der Waals surface area (Å²) in [5, 5.41) is 19.5. The lowest BCUT2D eigenvalue weighted by Crippen LogP contribution is -2.35. The van der Waals surface area contributed by atoms with Gasteiger partial charge in [-0.3, -0.25) is 0 Å². The van der Waals surface area contributed by atoms with Crippen molar-refractivity contribution in [2.75, 3.05) is 32.8 Å². The maximum atomic E-state index is 11.6. The SMILES string of the molecule is CCNC(=O)NCc1cccc(CCCCOCCCCCCNC[C@H](O)c2ccc3c(c2)COC(C)(C)O3)c1. The first-order valence-corrected chi connectivity index (χ1v) is 14.9. The zero-order valence-electron chi connectivity index (χ0n) is 24.6. The molecule has 0 spiro atoms. The fraction of sp³-hybridized carbons (Fsp3) is 0.594. The molecular formula is C32H49N3O5. The van der Waals surface area contributed by atoms with Crippen molar-refractivity contribution in [1.29, 1.82) is 0 Å². The number of rotatable bonds is 18. The van der Waals surface area contributed by atoms with Crippen molar-refractivity contribution in [2.24, 2.45) is 0 Å².